The molecule has 3 heteroatoms. The molecule has 2 fully saturated rings. The lowest BCUT2D eigenvalue weighted by atomic mass is 9.88. The smallest absolute Gasteiger partial charge is 0.309 e. The van der Waals surface area contributed by atoms with E-state index < -0.39 is 5.97 Å². The highest BCUT2D eigenvalue weighted by Gasteiger charge is 2.37. The Hall–Kier alpha value is -0.570. The fourth-order valence-electron chi connectivity index (χ4n) is 3.31. The SMILES string of the molecule is CC(C)C1CCCC(N2CC(C(=O)O)C2)CC1. The normalized spacial score (nSPS) is 32.2. The summed E-state index contributed by atoms with van der Waals surface area (Å²) in [6.07, 6.45) is 6.56. The molecule has 1 saturated carbocycles. The Morgan fingerprint density at radius 2 is 1.88 bits per heavy atom. The lowest BCUT2D eigenvalue weighted by molar-refractivity contribution is -0.148. The third-order valence-corrected chi connectivity index (χ3v) is 4.70. The molecule has 0 aromatic rings. The second-order valence-corrected chi connectivity index (χ2v) is 6.16. The molecule has 3 nitrogen and oxygen atoms in total. The van der Waals surface area contributed by atoms with E-state index in [0.717, 1.165) is 24.9 Å². The summed E-state index contributed by atoms with van der Waals surface area (Å²) >= 11 is 0. The lowest BCUT2D eigenvalue weighted by Gasteiger charge is -2.42. The Morgan fingerprint density at radius 1 is 1.18 bits per heavy atom. The van der Waals surface area contributed by atoms with E-state index in [-0.39, 0.29) is 5.92 Å². The first-order chi connectivity index (χ1) is 8.08. The van der Waals surface area contributed by atoms with Gasteiger partial charge in [-0.2, -0.15) is 0 Å². The number of aliphatic carboxylic acids is 1. The van der Waals surface area contributed by atoms with E-state index in [9.17, 15) is 4.79 Å². The van der Waals surface area contributed by atoms with E-state index in [0.29, 0.717) is 6.04 Å². The summed E-state index contributed by atoms with van der Waals surface area (Å²) in [7, 11) is 0. The molecule has 2 unspecified atom stereocenters. The van der Waals surface area contributed by atoms with Crippen LogP contribution >= 0.6 is 0 Å². The van der Waals surface area contributed by atoms with Crippen LogP contribution in [0.3, 0.4) is 0 Å². The van der Waals surface area contributed by atoms with Crippen molar-refractivity contribution in [1.29, 1.82) is 0 Å². The van der Waals surface area contributed by atoms with Crippen LogP contribution in [-0.2, 0) is 4.79 Å². The fourth-order valence-corrected chi connectivity index (χ4v) is 3.31. The van der Waals surface area contributed by atoms with Gasteiger partial charge in [-0.15, -0.1) is 0 Å². The van der Waals surface area contributed by atoms with Gasteiger partial charge in [0.25, 0.3) is 0 Å². The molecular formula is C14H25NO2. The third-order valence-electron chi connectivity index (χ3n) is 4.70. The topological polar surface area (TPSA) is 40.5 Å². The average Bonchev–Trinajstić information content (AvgIpc) is 2.40. The third kappa shape index (κ3) is 3.01. The molecular weight excluding hydrogens is 214 g/mol. The monoisotopic (exact) mass is 239 g/mol. The number of hydrogen-bond acceptors (Lipinski definition) is 2. The first-order valence-electron chi connectivity index (χ1n) is 7.04. The van der Waals surface area contributed by atoms with Crippen LogP contribution in [-0.4, -0.2) is 35.1 Å². The zero-order valence-electron chi connectivity index (χ0n) is 11.1. The van der Waals surface area contributed by atoms with Crippen molar-refractivity contribution in [2.24, 2.45) is 17.8 Å². The molecule has 1 aliphatic carbocycles. The number of hydrogen-bond donors (Lipinski definition) is 1. The minimum Gasteiger partial charge on any atom is -0.481 e. The highest BCUT2D eigenvalue weighted by molar-refractivity contribution is 5.71. The van der Waals surface area contributed by atoms with Gasteiger partial charge in [0.1, 0.15) is 0 Å². The molecule has 0 bridgehead atoms. The van der Waals surface area contributed by atoms with Crippen LogP contribution in [0.2, 0.25) is 0 Å². The van der Waals surface area contributed by atoms with Gasteiger partial charge in [0.05, 0.1) is 5.92 Å². The van der Waals surface area contributed by atoms with Gasteiger partial charge in [-0.1, -0.05) is 26.7 Å². The van der Waals surface area contributed by atoms with Gasteiger partial charge in [0, 0.05) is 19.1 Å². The molecule has 0 aromatic heterocycles. The highest BCUT2D eigenvalue weighted by atomic mass is 16.4. The van der Waals surface area contributed by atoms with Crippen LogP contribution in [0.4, 0.5) is 0 Å². The van der Waals surface area contributed by atoms with Crippen LogP contribution in [0.15, 0.2) is 0 Å². The molecule has 0 radical (unpaired) electrons. The number of carboxylic acids is 1. The highest BCUT2D eigenvalue weighted by Crippen LogP contribution is 2.33. The van der Waals surface area contributed by atoms with Gasteiger partial charge in [0.15, 0.2) is 0 Å². The van der Waals surface area contributed by atoms with Crippen LogP contribution in [0.5, 0.6) is 0 Å². The van der Waals surface area contributed by atoms with Crippen molar-refractivity contribution >= 4 is 5.97 Å². The van der Waals surface area contributed by atoms with Crippen molar-refractivity contribution in [2.45, 2.75) is 52.0 Å². The van der Waals surface area contributed by atoms with Crippen molar-refractivity contribution in [2.75, 3.05) is 13.1 Å². The maximum atomic E-state index is 10.8. The second-order valence-electron chi connectivity index (χ2n) is 6.16. The first-order valence-corrected chi connectivity index (χ1v) is 7.04. The summed E-state index contributed by atoms with van der Waals surface area (Å²) in [6, 6.07) is 0.661. The minimum absolute atomic E-state index is 0.0980. The maximum absolute atomic E-state index is 10.8. The number of carboxylic acid groups (broad SMARTS) is 1. The molecule has 1 heterocycles. The fraction of sp³-hybridized carbons (Fsp3) is 0.929. The van der Waals surface area contributed by atoms with Crippen molar-refractivity contribution < 1.29 is 9.90 Å². The van der Waals surface area contributed by atoms with Crippen LogP contribution in [0.1, 0.15) is 46.0 Å². The van der Waals surface area contributed by atoms with Gasteiger partial charge < -0.3 is 5.11 Å². The molecule has 2 rings (SSSR count). The Kier molecular flexibility index (Phi) is 4.08. The molecule has 2 atom stereocenters. The summed E-state index contributed by atoms with van der Waals surface area (Å²) in [5.74, 6) is 0.975. The van der Waals surface area contributed by atoms with E-state index in [1.807, 2.05) is 0 Å². The Morgan fingerprint density at radius 3 is 2.47 bits per heavy atom. The van der Waals surface area contributed by atoms with Gasteiger partial charge in [0.2, 0.25) is 0 Å². The van der Waals surface area contributed by atoms with Gasteiger partial charge in [-0.25, -0.2) is 0 Å². The maximum Gasteiger partial charge on any atom is 0.309 e. The quantitative estimate of drug-likeness (QED) is 0.770. The molecule has 0 amide bonds. The lowest BCUT2D eigenvalue weighted by Crippen LogP contribution is -2.54. The Balaban J connectivity index is 1.78. The van der Waals surface area contributed by atoms with E-state index in [1.165, 1.54) is 32.1 Å². The molecule has 1 aliphatic heterocycles. The Bertz CT molecular complexity index is 271. The summed E-state index contributed by atoms with van der Waals surface area (Å²) in [4.78, 5) is 13.2. The van der Waals surface area contributed by atoms with E-state index in [1.54, 1.807) is 0 Å². The molecule has 98 valence electrons. The predicted octanol–water partition coefficient (Wildman–Crippen LogP) is 2.61. The molecule has 1 saturated heterocycles. The number of likely N-dealkylation sites (tertiary alicyclic amines) is 1. The zero-order chi connectivity index (χ0) is 12.4. The van der Waals surface area contributed by atoms with Crippen molar-refractivity contribution in [1.82, 2.24) is 4.90 Å². The van der Waals surface area contributed by atoms with E-state index >= 15 is 0 Å². The van der Waals surface area contributed by atoms with Crippen LogP contribution in [0.25, 0.3) is 0 Å². The van der Waals surface area contributed by atoms with Gasteiger partial charge >= 0.3 is 5.97 Å². The summed E-state index contributed by atoms with van der Waals surface area (Å²) in [6.45, 7) is 6.23. The first kappa shape index (κ1) is 12.9. The van der Waals surface area contributed by atoms with Crippen molar-refractivity contribution in [3.63, 3.8) is 0 Å². The predicted molar refractivity (Wildman–Crippen MR) is 67.9 cm³/mol. The largest absolute Gasteiger partial charge is 0.481 e. The number of rotatable bonds is 3. The standard InChI is InChI=1S/C14H25NO2/c1-10(2)11-4-3-5-13(7-6-11)15-8-12(9-15)14(16)17/h10-13H,3-9H2,1-2H3,(H,16,17). The molecule has 2 aliphatic rings. The van der Waals surface area contributed by atoms with Crippen molar-refractivity contribution in [3.05, 3.63) is 0 Å². The minimum atomic E-state index is -0.616. The number of carbonyl (C=O) groups is 1. The summed E-state index contributed by atoms with van der Waals surface area (Å²) in [5.41, 5.74) is 0. The van der Waals surface area contributed by atoms with Crippen LogP contribution < -0.4 is 0 Å². The van der Waals surface area contributed by atoms with Crippen LogP contribution in [0, 0.1) is 17.8 Å². The Labute approximate surface area is 104 Å². The average molecular weight is 239 g/mol. The molecule has 0 spiro atoms. The molecule has 17 heavy (non-hydrogen) atoms. The van der Waals surface area contributed by atoms with Gasteiger partial charge in [-0.05, 0) is 31.1 Å². The summed E-state index contributed by atoms with van der Waals surface area (Å²) < 4.78 is 0. The van der Waals surface area contributed by atoms with Gasteiger partial charge in [-0.3, -0.25) is 9.69 Å². The molecule has 1 N–H and O–H groups in total. The number of nitrogens with zero attached hydrogens (tertiary/aromatic N) is 1. The second kappa shape index (κ2) is 5.38. The summed E-state index contributed by atoms with van der Waals surface area (Å²) in [5, 5.41) is 8.89. The van der Waals surface area contributed by atoms with Crippen molar-refractivity contribution in [3.8, 4) is 0 Å². The van der Waals surface area contributed by atoms with E-state index in [4.69, 9.17) is 5.11 Å². The van der Waals surface area contributed by atoms with E-state index in [2.05, 4.69) is 18.7 Å². The molecule has 0 aromatic carbocycles. The zero-order valence-corrected chi connectivity index (χ0v) is 11.1.